The SMILES string of the molecule is CCN(CC)C(=O)[C@@H]1[C@@H](c2ccccc2)C2(c3ccc(Br)cc3)Oc3cncc(OC)c3[C@]2(O)[C@@H]1O. The number of nitrogens with zero attached hydrogens (tertiary/aromatic N) is 2. The van der Waals surface area contributed by atoms with E-state index in [9.17, 15) is 15.0 Å². The van der Waals surface area contributed by atoms with Gasteiger partial charge in [-0.05, 0) is 37.1 Å². The lowest BCUT2D eigenvalue weighted by Gasteiger charge is -2.41. The minimum atomic E-state index is -2.00. The molecular weight excluding hydrogens is 524 g/mol. The van der Waals surface area contributed by atoms with Crippen molar-refractivity contribution in [1.29, 1.82) is 0 Å². The Morgan fingerprint density at radius 2 is 1.78 bits per heavy atom. The maximum Gasteiger partial charge on any atom is 0.229 e. The number of fused-ring (bicyclic) bond motifs is 3. The second-order valence-corrected chi connectivity index (χ2v) is 10.1. The number of halogens is 1. The van der Waals surface area contributed by atoms with Crippen LogP contribution in [0.4, 0.5) is 0 Å². The van der Waals surface area contributed by atoms with Crippen LogP contribution in [-0.4, -0.2) is 52.3 Å². The Morgan fingerprint density at radius 3 is 2.39 bits per heavy atom. The molecule has 0 saturated heterocycles. The molecule has 3 aromatic rings. The Bertz CT molecular complexity index is 1270. The van der Waals surface area contributed by atoms with Crippen LogP contribution in [0.25, 0.3) is 0 Å². The van der Waals surface area contributed by atoms with Crippen LogP contribution >= 0.6 is 15.9 Å². The molecule has 1 fully saturated rings. The largest absolute Gasteiger partial charge is 0.495 e. The first-order valence-electron chi connectivity index (χ1n) is 12.1. The average molecular weight is 553 g/mol. The highest BCUT2D eigenvalue weighted by molar-refractivity contribution is 9.10. The molecule has 2 aliphatic rings. The number of carbonyl (C=O) groups excluding carboxylic acids is 1. The summed E-state index contributed by atoms with van der Waals surface area (Å²) >= 11 is 3.49. The van der Waals surface area contributed by atoms with Crippen molar-refractivity contribution in [1.82, 2.24) is 9.88 Å². The van der Waals surface area contributed by atoms with Crippen LogP contribution in [-0.2, 0) is 16.0 Å². The minimum absolute atomic E-state index is 0.237. The predicted octanol–water partition coefficient (Wildman–Crippen LogP) is 3.97. The number of methoxy groups -OCH3 is 1. The van der Waals surface area contributed by atoms with E-state index in [0.717, 1.165) is 10.0 Å². The molecule has 2 aromatic carbocycles. The van der Waals surface area contributed by atoms with Crippen molar-refractivity contribution in [2.75, 3.05) is 20.2 Å². The molecule has 2 N–H and O–H groups in total. The Morgan fingerprint density at radius 1 is 1.11 bits per heavy atom. The second-order valence-electron chi connectivity index (χ2n) is 9.20. The number of benzene rings is 2. The van der Waals surface area contributed by atoms with Crippen LogP contribution in [0.5, 0.6) is 11.5 Å². The Kier molecular flexibility index (Phi) is 6.31. The van der Waals surface area contributed by atoms with Gasteiger partial charge in [-0.2, -0.15) is 0 Å². The van der Waals surface area contributed by atoms with E-state index < -0.39 is 29.1 Å². The summed E-state index contributed by atoms with van der Waals surface area (Å²) < 4.78 is 13.2. The van der Waals surface area contributed by atoms with E-state index in [1.54, 1.807) is 4.90 Å². The molecule has 7 nitrogen and oxygen atoms in total. The van der Waals surface area contributed by atoms with Gasteiger partial charge in [0.2, 0.25) is 5.91 Å². The topological polar surface area (TPSA) is 92.1 Å². The maximum absolute atomic E-state index is 14.0. The quantitative estimate of drug-likeness (QED) is 0.480. The van der Waals surface area contributed by atoms with Crippen molar-refractivity contribution in [2.45, 2.75) is 37.1 Å². The summed E-state index contributed by atoms with van der Waals surface area (Å²) in [6.45, 7) is 4.77. The summed E-state index contributed by atoms with van der Waals surface area (Å²) in [5, 5.41) is 24.8. The highest BCUT2D eigenvalue weighted by atomic mass is 79.9. The summed E-state index contributed by atoms with van der Waals surface area (Å²) in [7, 11) is 1.48. The molecule has 5 atom stereocenters. The lowest BCUT2D eigenvalue weighted by atomic mass is 9.70. The predicted molar refractivity (Wildman–Crippen MR) is 138 cm³/mol. The van der Waals surface area contributed by atoms with Gasteiger partial charge in [-0.15, -0.1) is 0 Å². The van der Waals surface area contributed by atoms with E-state index in [0.29, 0.717) is 30.0 Å². The highest BCUT2D eigenvalue weighted by Gasteiger charge is 2.78. The van der Waals surface area contributed by atoms with Gasteiger partial charge in [0.05, 0.1) is 31.0 Å². The Labute approximate surface area is 218 Å². The third kappa shape index (κ3) is 3.24. The van der Waals surface area contributed by atoms with E-state index >= 15 is 0 Å². The second kappa shape index (κ2) is 9.18. The van der Waals surface area contributed by atoms with Gasteiger partial charge in [0.1, 0.15) is 17.6 Å². The lowest BCUT2D eigenvalue weighted by Crippen LogP contribution is -2.52. The van der Waals surface area contributed by atoms with Gasteiger partial charge in [0.15, 0.2) is 11.2 Å². The summed E-state index contributed by atoms with van der Waals surface area (Å²) in [4.78, 5) is 19.9. The molecule has 36 heavy (non-hydrogen) atoms. The number of hydrogen-bond donors (Lipinski definition) is 2. The third-order valence-electron chi connectivity index (χ3n) is 7.67. The van der Waals surface area contributed by atoms with Gasteiger partial charge < -0.3 is 24.6 Å². The number of pyridine rings is 1. The van der Waals surface area contributed by atoms with Crippen LogP contribution in [0.2, 0.25) is 0 Å². The zero-order chi connectivity index (χ0) is 25.7. The van der Waals surface area contributed by atoms with E-state index in [1.807, 2.05) is 68.4 Å². The van der Waals surface area contributed by atoms with Crippen molar-refractivity contribution in [3.05, 3.63) is 88.2 Å². The molecule has 0 radical (unpaired) electrons. The minimum Gasteiger partial charge on any atom is -0.495 e. The highest BCUT2D eigenvalue weighted by Crippen LogP contribution is 2.69. The van der Waals surface area contributed by atoms with Crippen molar-refractivity contribution < 1.29 is 24.5 Å². The van der Waals surface area contributed by atoms with Crippen molar-refractivity contribution in [2.24, 2.45) is 5.92 Å². The molecule has 1 aliphatic heterocycles. The molecule has 1 amide bonds. The molecule has 0 bridgehead atoms. The smallest absolute Gasteiger partial charge is 0.229 e. The fourth-order valence-electron chi connectivity index (χ4n) is 6.11. The monoisotopic (exact) mass is 552 g/mol. The molecule has 8 heteroatoms. The fraction of sp³-hybridized carbons (Fsp3) is 0.357. The van der Waals surface area contributed by atoms with E-state index in [-0.39, 0.29) is 11.7 Å². The van der Waals surface area contributed by atoms with Crippen LogP contribution in [0, 0.1) is 5.92 Å². The molecular formula is C28H29BrN2O5. The molecule has 1 saturated carbocycles. The number of carbonyl (C=O) groups is 1. The normalized spacial score (nSPS) is 28.2. The fourth-order valence-corrected chi connectivity index (χ4v) is 6.38. The van der Waals surface area contributed by atoms with Gasteiger partial charge in [0, 0.05) is 23.5 Å². The Hall–Kier alpha value is -2.94. The number of aromatic nitrogens is 1. The van der Waals surface area contributed by atoms with Gasteiger partial charge in [-0.1, -0.05) is 58.4 Å². The van der Waals surface area contributed by atoms with Crippen molar-refractivity contribution in [3.63, 3.8) is 0 Å². The van der Waals surface area contributed by atoms with Crippen LogP contribution in [0.3, 0.4) is 0 Å². The van der Waals surface area contributed by atoms with Gasteiger partial charge in [-0.3, -0.25) is 9.78 Å². The molecule has 5 rings (SSSR count). The molecule has 0 spiro atoms. The number of amides is 1. The first-order valence-corrected chi connectivity index (χ1v) is 12.9. The summed E-state index contributed by atoms with van der Waals surface area (Å²) in [6.07, 6.45) is 1.52. The van der Waals surface area contributed by atoms with Crippen molar-refractivity contribution >= 4 is 21.8 Å². The van der Waals surface area contributed by atoms with E-state index in [2.05, 4.69) is 20.9 Å². The number of ether oxygens (including phenoxy) is 2. The van der Waals surface area contributed by atoms with Crippen LogP contribution < -0.4 is 9.47 Å². The van der Waals surface area contributed by atoms with Gasteiger partial charge >= 0.3 is 0 Å². The van der Waals surface area contributed by atoms with Crippen molar-refractivity contribution in [3.8, 4) is 11.5 Å². The number of aliphatic hydroxyl groups excluding tert-OH is 1. The summed E-state index contributed by atoms with van der Waals surface area (Å²) in [5.41, 5.74) is -1.82. The number of rotatable bonds is 6. The molecule has 2 heterocycles. The maximum atomic E-state index is 14.0. The average Bonchev–Trinajstić information content (AvgIpc) is 3.28. The van der Waals surface area contributed by atoms with E-state index in [4.69, 9.17) is 9.47 Å². The van der Waals surface area contributed by atoms with Gasteiger partial charge in [0.25, 0.3) is 0 Å². The van der Waals surface area contributed by atoms with Crippen LogP contribution in [0.1, 0.15) is 36.5 Å². The zero-order valence-corrected chi connectivity index (χ0v) is 22.0. The molecule has 1 unspecified atom stereocenters. The molecule has 188 valence electrons. The van der Waals surface area contributed by atoms with Gasteiger partial charge in [-0.25, -0.2) is 0 Å². The molecule has 1 aliphatic carbocycles. The summed E-state index contributed by atoms with van der Waals surface area (Å²) in [5.74, 6) is -1.33. The van der Waals surface area contributed by atoms with Crippen LogP contribution in [0.15, 0.2) is 71.5 Å². The number of aliphatic hydroxyl groups is 2. The summed E-state index contributed by atoms with van der Waals surface area (Å²) in [6, 6.07) is 16.9. The zero-order valence-electron chi connectivity index (χ0n) is 20.4. The van der Waals surface area contributed by atoms with E-state index in [1.165, 1.54) is 19.5 Å². The molecule has 1 aromatic heterocycles. The third-order valence-corrected chi connectivity index (χ3v) is 8.20. The number of hydrogen-bond acceptors (Lipinski definition) is 6. The standard InChI is InChI=1S/C28H29BrN2O5/c1-4-31(5-2)26(33)22-23(17-9-7-6-8-10-17)28(18-11-13-19(29)14-12-18)27(34,25(22)32)24-20(35-3)15-30-16-21(24)36-28/h6-16,22-23,25,32,34H,4-5H2,1-3H3/t22-,23-,25-,27+,28?/m1/s1. The lowest BCUT2D eigenvalue weighted by molar-refractivity contribution is -0.157. The first kappa shape index (κ1) is 24.7. The first-order chi connectivity index (χ1) is 17.3. The Balaban J connectivity index is 1.87.